The number of benzene rings is 2. The predicted octanol–water partition coefficient (Wildman–Crippen LogP) is 5.04. The highest BCUT2D eigenvalue weighted by molar-refractivity contribution is 9.10. The van der Waals surface area contributed by atoms with E-state index in [1.165, 1.54) is 23.1 Å². The summed E-state index contributed by atoms with van der Waals surface area (Å²) in [6.45, 7) is 2.18. The number of hydrogen-bond acceptors (Lipinski definition) is 1. The van der Waals surface area contributed by atoms with E-state index < -0.39 is 0 Å². The van der Waals surface area contributed by atoms with Gasteiger partial charge in [-0.25, -0.2) is 0 Å². The maximum Gasteiger partial charge on any atom is 0.0320 e. The van der Waals surface area contributed by atoms with Crippen LogP contribution in [0.15, 0.2) is 53.0 Å². The minimum absolute atomic E-state index is 0.427. The zero-order valence-corrected chi connectivity index (χ0v) is 13.8. The highest BCUT2D eigenvalue weighted by Gasteiger charge is 2.12. The maximum atomic E-state index is 3.57. The Hall–Kier alpha value is -1.12. The molecule has 0 saturated heterocycles. The van der Waals surface area contributed by atoms with Crippen molar-refractivity contribution in [3.8, 4) is 0 Å². The molecule has 0 heterocycles. The van der Waals surface area contributed by atoms with E-state index in [4.69, 9.17) is 0 Å². The molecule has 0 radical (unpaired) electrons. The van der Waals surface area contributed by atoms with Gasteiger partial charge in [0.25, 0.3) is 0 Å². The molecule has 1 atom stereocenters. The smallest absolute Gasteiger partial charge is 0.0320 e. The van der Waals surface area contributed by atoms with Gasteiger partial charge in [0, 0.05) is 10.5 Å². The topological polar surface area (TPSA) is 12.0 Å². The van der Waals surface area contributed by atoms with Gasteiger partial charge in [-0.3, -0.25) is 0 Å². The lowest BCUT2D eigenvalue weighted by Gasteiger charge is -2.19. The zero-order chi connectivity index (χ0) is 14.4. The standard InChI is InChI=1S/C18H22BrN/c1-14-11-12-16(19)13-17(14)18(20-2)10-6-9-15-7-4-3-5-8-15/h3-5,7-8,11-13,18,20H,6,9-10H2,1-2H3. The molecule has 0 aromatic heterocycles. The molecule has 0 aliphatic heterocycles. The van der Waals surface area contributed by atoms with Gasteiger partial charge >= 0.3 is 0 Å². The Morgan fingerprint density at radius 1 is 1.10 bits per heavy atom. The summed E-state index contributed by atoms with van der Waals surface area (Å²) in [6, 6.07) is 17.7. The van der Waals surface area contributed by atoms with Crippen molar-refractivity contribution in [2.75, 3.05) is 7.05 Å². The Labute approximate surface area is 130 Å². The Morgan fingerprint density at radius 2 is 1.85 bits per heavy atom. The fourth-order valence-electron chi connectivity index (χ4n) is 2.60. The van der Waals surface area contributed by atoms with Crippen LogP contribution in [-0.2, 0) is 6.42 Å². The molecule has 0 fully saturated rings. The highest BCUT2D eigenvalue weighted by Crippen LogP contribution is 2.25. The second-order valence-electron chi connectivity index (χ2n) is 5.22. The first-order valence-electron chi connectivity index (χ1n) is 7.18. The van der Waals surface area contributed by atoms with Crippen molar-refractivity contribution in [2.45, 2.75) is 32.2 Å². The molecule has 106 valence electrons. The van der Waals surface area contributed by atoms with Crippen LogP contribution in [0.25, 0.3) is 0 Å². The number of rotatable bonds is 6. The number of nitrogens with one attached hydrogen (secondary N) is 1. The van der Waals surface area contributed by atoms with E-state index in [1.807, 2.05) is 7.05 Å². The summed E-state index contributed by atoms with van der Waals surface area (Å²) in [4.78, 5) is 0. The Bertz CT molecular complexity index is 536. The van der Waals surface area contributed by atoms with Crippen LogP contribution in [0, 0.1) is 6.92 Å². The first-order valence-corrected chi connectivity index (χ1v) is 7.97. The Balaban J connectivity index is 1.97. The SMILES string of the molecule is CNC(CCCc1ccccc1)c1cc(Br)ccc1C. The molecule has 2 heteroatoms. The van der Waals surface area contributed by atoms with Gasteiger partial charge in [-0.2, -0.15) is 0 Å². The van der Waals surface area contributed by atoms with Crippen LogP contribution >= 0.6 is 15.9 Å². The molecule has 0 aliphatic rings. The van der Waals surface area contributed by atoms with E-state index >= 15 is 0 Å². The van der Waals surface area contributed by atoms with Crippen LogP contribution in [0.1, 0.15) is 35.6 Å². The molecule has 1 N–H and O–H groups in total. The Morgan fingerprint density at radius 3 is 2.55 bits per heavy atom. The fourth-order valence-corrected chi connectivity index (χ4v) is 2.98. The molecule has 20 heavy (non-hydrogen) atoms. The first kappa shape index (κ1) is 15.3. The lowest BCUT2D eigenvalue weighted by atomic mass is 9.96. The minimum Gasteiger partial charge on any atom is -0.313 e. The third kappa shape index (κ3) is 4.19. The number of aryl methyl sites for hydroxylation is 2. The van der Waals surface area contributed by atoms with Crippen molar-refractivity contribution in [3.05, 3.63) is 69.7 Å². The van der Waals surface area contributed by atoms with Crippen LogP contribution in [0.3, 0.4) is 0 Å². The molecular weight excluding hydrogens is 310 g/mol. The van der Waals surface area contributed by atoms with Gasteiger partial charge in [0.15, 0.2) is 0 Å². The van der Waals surface area contributed by atoms with Crippen molar-refractivity contribution in [1.29, 1.82) is 0 Å². The Kier molecular flexibility index (Phi) is 5.81. The van der Waals surface area contributed by atoms with Crippen LogP contribution in [0.4, 0.5) is 0 Å². The summed E-state index contributed by atoms with van der Waals surface area (Å²) in [5, 5.41) is 3.45. The van der Waals surface area contributed by atoms with E-state index in [2.05, 4.69) is 76.7 Å². The van der Waals surface area contributed by atoms with Crippen molar-refractivity contribution in [2.24, 2.45) is 0 Å². The van der Waals surface area contributed by atoms with Gasteiger partial charge in [-0.15, -0.1) is 0 Å². The summed E-state index contributed by atoms with van der Waals surface area (Å²) >= 11 is 3.57. The third-order valence-electron chi connectivity index (χ3n) is 3.77. The molecule has 0 aliphatic carbocycles. The van der Waals surface area contributed by atoms with Gasteiger partial charge in [0.1, 0.15) is 0 Å². The van der Waals surface area contributed by atoms with E-state index in [9.17, 15) is 0 Å². The van der Waals surface area contributed by atoms with Gasteiger partial charge < -0.3 is 5.32 Å². The monoisotopic (exact) mass is 331 g/mol. The van der Waals surface area contributed by atoms with Crippen LogP contribution in [0.5, 0.6) is 0 Å². The largest absolute Gasteiger partial charge is 0.313 e. The van der Waals surface area contributed by atoms with E-state index in [-0.39, 0.29) is 0 Å². The molecule has 2 aromatic rings. The summed E-state index contributed by atoms with van der Waals surface area (Å²) < 4.78 is 1.15. The quantitative estimate of drug-likeness (QED) is 0.781. The van der Waals surface area contributed by atoms with Crippen molar-refractivity contribution >= 4 is 15.9 Å². The molecule has 0 amide bonds. The molecule has 1 nitrogen and oxygen atoms in total. The normalized spacial score (nSPS) is 12.3. The van der Waals surface area contributed by atoms with Gasteiger partial charge in [0.2, 0.25) is 0 Å². The minimum atomic E-state index is 0.427. The lowest BCUT2D eigenvalue weighted by molar-refractivity contribution is 0.525. The van der Waals surface area contributed by atoms with Crippen LogP contribution < -0.4 is 5.32 Å². The number of halogens is 1. The molecule has 0 spiro atoms. The highest BCUT2D eigenvalue weighted by atomic mass is 79.9. The summed E-state index contributed by atoms with van der Waals surface area (Å²) in [5.41, 5.74) is 4.18. The van der Waals surface area contributed by atoms with Gasteiger partial charge in [-0.05, 0) is 62.1 Å². The van der Waals surface area contributed by atoms with Gasteiger partial charge in [-0.1, -0.05) is 52.3 Å². The fraction of sp³-hybridized carbons (Fsp3) is 0.333. The van der Waals surface area contributed by atoms with E-state index in [1.54, 1.807) is 0 Å². The predicted molar refractivity (Wildman–Crippen MR) is 90.1 cm³/mol. The average Bonchev–Trinajstić information content (AvgIpc) is 2.48. The number of hydrogen-bond donors (Lipinski definition) is 1. The van der Waals surface area contributed by atoms with Crippen molar-refractivity contribution in [1.82, 2.24) is 5.32 Å². The van der Waals surface area contributed by atoms with E-state index in [0.717, 1.165) is 17.3 Å². The molecule has 2 rings (SSSR count). The summed E-state index contributed by atoms with van der Waals surface area (Å²) in [6.07, 6.45) is 3.50. The molecule has 0 bridgehead atoms. The van der Waals surface area contributed by atoms with E-state index in [0.29, 0.717) is 6.04 Å². The van der Waals surface area contributed by atoms with Crippen LogP contribution in [0.2, 0.25) is 0 Å². The molecule has 2 aromatic carbocycles. The lowest BCUT2D eigenvalue weighted by Crippen LogP contribution is -2.17. The van der Waals surface area contributed by atoms with Gasteiger partial charge in [0.05, 0.1) is 0 Å². The zero-order valence-electron chi connectivity index (χ0n) is 12.2. The van der Waals surface area contributed by atoms with Crippen molar-refractivity contribution < 1.29 is 0 Å². The summed E-state index contributed by atoms with van der Waals surface area (Å²) in [5.74, 6) is 0. The van der Waals surface area contributed by atoms with Crippen molar-refractivity contribution in [3.63, 3.8) is 0 Å². The average molecular weight is 332 g/mol. The second kappa shape index (κ2) is 7.61. The summed E-state index contributed by atoms with van der Waals surface area (Å²) in [7, 11) is 2.05. The third-order valence-corrected chi connectivity index (χ3v) is 4.26. The molecule has 1 unspecified atom stereocenters. The molecule has 0 saturated carbocycles. The molecular formula is C18H22BrN. The second-order valence-corrected chi connectivity index (χ2v) is 6.14. The van der Waals surface area contributed by atoms with Crippen LogP contribution in [-0.4, -0.2) is 7.05 Å². The first-order chi connectivity index (χ1) is 9.70. The maximum absolute atomic E-state index is 3.57.